The van der Waals surface area contributed by atoms with E-state index in [2.05, 4.69) is 0 Å². The van der Waals surface area contributed by atoms with Gasteiger partial charge in [0.2, 0.25) is 0 Å². The van der Waals surface area contributed by atoms with E-state index in [0.717, 1.165) is 33.8 Å². The number of ether oxygens (including phenoxy) is 1. The molecular formula is C27H25NO4. The highest BCUT2D eigenvalue weighted by atomic mass is 16.5. The van der Waals surface area contributed by atoms with Crippen LogP contribution in [-0.2, 0) is 0 Å². The standard InChI is InChI=1S/C27H25NO4/c1-17-10-21(15-23(29)12-17)28(22-11-18(2)13-24(30)16-22)20-4-6-25(7-5-20)32-26-8-9-27(31)19(3)14-26/h4-16,29-31H,1-3H3. The second-order valence-corrected chi connectivity index (χ2v) is 7.93. The number of phenolic OH excluding ortho intramolecular Hbond substituents is 3. The Morgan fingerprint density at radius 1 is 0.562 bits per heavy atom. The zero-order valence-electron chi connectivity index (χ0n) is 18.2. The van der Waals surface area contributed by atoms with Crippen molar-refractivity contribution in [3.63, 3.8) is 0 Å². The van der Waals surface area contributed by atoms with E-state index < -0.39 is 0 Å². The summed E-state index contributed by atoms with van der Waals surface area (Å²) in [5.41, 5.74) is 4.97. The summed E-state index contributed by atoms with van der Waals surface area (Å²) in [6.45, 7) is 5.66. The maximum absolute atomic E-state index is 10.2. The summed E-state index contributed by atoms with van der Waals surface area (Å²) < 4.78 is 5.93. The molecule has 0 aromatic heterocycles. The fourth-order valence-corrected chi connectivity index (χ4v) is 3.68. The van der Waals surface area contributed by atoms with Crippen LogP contribution < -0.4 is 9.64 Å². The lowest BCUT2D eigenvalue weighted by molar-refractivity contribution is 0.460. The van der Waals surface area contributed by atoms with Crippen molar-refractivity contribution in [2.75, 3.05) is 4.90 Å². The van der Waals surface area contributed by atoms with Crippen molar-refractivity contribution in [1.82, 2.24) is 0 Å². The number of aryl methyl sites for hydroxylation is 3. The summed E-state index contributed by atoms with van der Waals surface area (Å²) in [6.07, 6.45) is 0. The van der Waals surface area contributed by atoms with Crippen molar-refractivity contribution in [1.29, 1.82) is 0 Å². The molecule has 0 unspecified atom stereocenters. The zero-order valence-corrected chi connectivity index (χ0v) is 18.2. The van der Waals surface area contributed by atoms with Crippen LogP contribution in [0.5, 0.6) is 28.7 Å². The van der Waals surface area contributed by atoms with Crippen LogP contribution in [0.1, 0.15) is 16.7 Å². The molecule has 0 amide bonds. The average molecular weight is 428 g/mol. The van der Waals surface area contributed by atoms with Gasteiger partial charge in [0.1, 0.15) is 28.7 Å². The summed E-state index contributed by atoms with van der Waals surface area (Å²) in [5, 5.41) is 30.1. The molecule has 4 aromatic carbocycles. The van der Waals surface area contributed by atoms with Crippen molar-refractivity contribution >= 4 is 17.1 Å². The molecular weight excluding hydrogens is 402 g/mol. The third kappa shape index (κ3) is 4.62. The lowest BCUT2D eigenvalue weighted by Crippen LogP contribution is -2.10. The first-order valence-electron chi connectivity index (χ1n) is 10.3. The molecule has 0 bridgehead atoms. The number of phenols is 3. The predicted molar refractivity (Wildman–Crippen MR) is 127 cm³/mol. The average Bonchev–Trinajstić information content (AvgIpc) is 2.71. The van der Waals surface area contributed by atoms with E-state index in [4.69, 9.17) is 4.74 Å². The van der Waals surface area contributed by atoms with E-state index in [1.165, 1.54) is 0 Å². The Balaban J connectivity index is 1.73. The highest BCUT2D eigenvalue weighted by Crippen LogP contribution is 2.39. The molecule has 0 heterocycles. The maximum atomic E-state index is 10.2. The van der Waals surface area contributed by atoms with Crippen molar-refractivity contribution in [3.05, 3.63) is 95.6 Å². The third-order valence-corrected chi connectivity index (χ3v) is 5.11. The molecule has 0 radical (unpaired) electrons. The molecule has 3 N–H and O–H groups in total. The van der Waals surface area contributed by atoms with E-state index in [1.54, 1.807) is 42.5 Å². The number of hydrogen-bond acceptors (Lipinski definition) is 5. The van der Waals surface area contributed by atoms with Gasteiger partial charge in [-0.3, -0.25) is 0 Å². The molecule has 162 valence electrons. The predicted octanol–water partition coefficient (Wildman–Crippen LogP) is 6.99. The molecule has 4 aromatic rings. The van der Waals surface area contributed by atoms with Gasteiger partial charge in [-0.15, -0.1) is 0 Å². The highest BCUT2D eigenvalue weighted by Gasteiger charge is 2.15. The Kier molecular flexibility index (Phi) is 5.65. The van der Waals surface area contributed by atoms with Gasteiger partial charge in [0.15, 0.2) is 0 Å². The SMILES string of the molecule is Cc1cc(O)cc(N(c2ccc(Oc3ccc(O)c(C)c3)cc2)c2cc(C)cc(O)c2)c1. The fraction of sp³-hybridized carbons (Fsp3) is 0.111. The maximum Gasteiger partial charge on any atom is 0.127 e. The first-order valence-corrected chi connectivity index (χ1v) is 10.3. The molecule has 0 spiro atoms. The van der Waals surface area contributed by atoms with Crippen molar-refractivity contribution in [2.24, 2.45) is 0 Å². The Hall–Kier alpha value is -4.12. The van der Waals surface area contributed by atoms with Crippen LogP contribution >= 0.6 is 0 Å². The molecule has 0 aliphatic carbocycles. The molecule has 0 aliphatic heterocycles. The Labute approximate surface area is 187 Å². The quantitative estimate of drug-likeness (QED) is 0.320. The smallest absolute Gasteiger partial charge is 0.127 e. The monoisotopic (exact) mass is 427 g/mol. The lowest BCUT2D eigenvalue weighted by atomic mass is 10.1. The minimum absolute atomic E-state index is 0.171. The molecule has 5 heteroatoms. The minimum atomic E-state index is 0.171. The first-order chi connectivity index (χ1) is 15.3. The number of benzene rings is 4. The zero-order chi connectivity index (χ0) is 22.8. The minimum Gasteiger partial charge on any atom is -0.508 e. The molecule has 32 heavy (non-hydrogen) atoms. The van der Waals surface area contributed by atoms with E-state index >= 15 is 0 Å². The summed E-state index contributed by atoms with van der Waals surface area (Å²) in [4.78, 5) is 1.97. The summed E-state index contributed by atoms with van der Waals surface area (Å²) in [7, 11) is 0. The molecule has 0 aliphatic rings. The van der Waals surface area contributed by atoms with Crippen LogP contribution in [0.3, 0.4) is 0 Å². The first kappa shape index (κ1) is 21.1. The number of rotatable bonds is 5. The van der Waals surface area contributed by atoms with Crippen LogP contribution in [0, 0.1) is 20.8 Å². The van der Waals surface area contributed by atoms with Gasteiger partial charge in [0.05, 0.1) is 11.4 Å². The number of anilines is 3. The second kappa shape index (κ2) is 8.55. The van der Waals surface area contributed by atoms with Gasteiger partial charge < -0.3 is 25.0 Å². The Morgan fingerprint density at radius 3 is 1.59 bits per heavy atom. The molecule has 0 atom stereocenters. The summed E-state index contributed by atoms with van der Waals surface area (Å²) >= 11 is 0. The lowest BCUT2D eigenvalue weighted by Gasteiger charge is -2.26. The molecule has 5 nitrogen and oxygen atoms in total. The van der Waals surface area contributed by atoms with Crippen molar-refractivity contribution in [3.8, 4) is 28.7 Å². The van der Waals surface area contributed by atoms with Crippen LogP contribution in [-0.4, -0.2) is 15.3 Å². The Morgan fingerprint density at radius 2 is 1.09 bits per heavy atom. The van der Waals surface area contributed by atoms with Gasteiger partial charge in [-0.1, -0.05) is 0 Å². The van der Waals surface area contributed by atoms with Crippen LogP contribution in [0.25, 0.3) is 0 Å². The van der Waals surface area contributed by atoms with Crippen molar-refractivity contribution < 1.29 is 20.1 Å². The van der Waals surface area contributed by atoms with Gasteiger partial charge in [-0.2, -0.15) is 0 Å². The second-order valence-electron chi connectivity index (χ2n) is 7.93. The molecule has 4 rings (SSSR count). The van der Waals surface area contributed by atoms with E-state index in [9.17, 15) is 15.3 Å². The third-order valence-electron chi connectivity index (χ3n) is 5.11. The van der Waals surface area contributed by atoms with Gasteiger partial charge in [-0.05, 0) is 104 Å². The molecule has 0 saturated heterocycles. The number of nitrogens with zero attached hydrogens (tertiary/aromatic N) is 1. The number of hydrogen-bond donors (Lipinski definition) is 3. The molecule has 0 fully saturated rings. The van der Waals surface area contributed by atoms with Gasteiger partial charge in [-0.25, -0.2) is 0 Å². The van der Waals surface area contributed by atoms with Crippen LogP contribution in [0.4, 0.5) is 17.1 Å². The van der Waals surface area contributed by atoms with Crippen molar-refractivity contribution in [2.45, 2.75) is 20.8 Å². The molecule has 0 saturated carbocycles. The fourth-order valence-electron chi connectivity index (χ4n) is 3.68. The summed E-state index contributed by atoms with van der Waals surface area (Å²) in [5.74, 6) is 1.86. The number of aromatic hydroxyl groups is 3. The topological polar surface area (TPSA) is 73.2 Å². The largest absolute Gasteiger partial charge is 0.508 e. The van der Waals surface area contributed by atoms with Crippen LogP contribution in [0.15, 0.2) is 78.9 Å². The van der Waals surface area contributed by atoms with Gasteiger partial charge in [0.25, 0.3) is 0 Å². The normalized spacial score (nSPS) is 10.7. The Bertz CT molecular complexity index is 1170. The van der Waals surface area contributed by atoms with Gasteiger partial charge in [0, 0.05) is 17.8 Å². The highest BCUT2D eigenvalue weighted by molar-refractivity contribution is 5.78. The van der Waals surface area contributed by atoms with Gasteiger partial charge >= 0.3 is 0 Å². The summed E-state index contributed by atoms with van der Waals surface area (Å²) in [6, 6.07) is 23.4. The van der Waals surface area contributed by atoms with E-state index in [1.807, 2.05) is 62.1 Å². The van der Waals surface area contributed by atoms with Crippen LogP contribution in [0.2, 0.25) is 0 Å². The van der Waals surface area contributed by atoms with E-state index in [-0.39, 0.29) is 17.2 Å². The van der Waals surface area contributed by atoms with E-state index in [0.29, 0.717) is 11.5 Å².